The number of carbonyl (C=O) groups is 1. The molecule has 0 amide bonds. The topological polar surface area (TPSA) is 38.3 Å². The van der Waals surface area contributed by atoms with Gasteiger partial charge in [-0.25, -0.2) is 4.79 Å². The maximum Gasteiger partial charge on any atom is 0.330 e. The van der Waals surface area contributed by atoms with Crippen LogP contribution in [0.3, 0.4) is 0 Å². The number of rotatable bonds is 11. The van der Waals surface area contributed by atoms with E-state index < -0.39 is 0 Å². The van der Waals surface area contributed by atoms with E-state index in [2.05, 4.69) is 18.8 Å². The molecule has 100 valence electrons. The van der Waals surface area contributed by atoms with Gasteiger partial charge in [0.15, 0.2) is 0 Å². The monoisotopic (exact) mass is 241 g/mol. The number of nitrogens with one attached hydrogen (secondary N) is 1. The summed E-state index contributed by atoms with van der Waals surface area (Å²) in [5.41, 5.74) is 0. The minimum Gasteiger partial charge on any atom is -0.461 e. The van der Waals surface area contributed by atoms with Gasteiger partial charge in [0.1, 0.15) is 6.61 Å². The van der Waals surface area contributed by atoms with Gasteiger partial charge in [0.05, 0.1) is 0 Å². The number of carbonyl (C=O) groups excluding carboxylic acids is 1. The molecule has 0 heterocycles. The first-order chi connectivity index (χ1) is 8.20. The third kappa shape index (κ3) is 11.4. The van der Waals surface area contributed by atoms with Gasteiger partial charge in [-0.1, -0.05) is 45.6 Å². The Balaban J connectivity index is 3.24. The van der Waals surface area contributed by atoms with E-state index >= 15 is 0 Å². The van der Waals surface area contributed by atoms with E-state index in [1.54, 1.807) is 0 Å². The standard InChI is InChI=1S/C14H27NO2/c1-4-6-7-8-9-10-11-15-13(3)12-17-14(16)5-2/h5,13,15H,2,4,6-12H2,1,3H3. The number of hydrogen-bond acceptors (Lipinski definition) is 3. The molecule has 0 fully saturated rings. The van der Waals surface area contributed by atoms with E-state index in [9.17, 15) is 4.79 Å². The maximum atomic E-state index is 10.8. The third-order valence-electron chi connectivity index (χ3n) is 2.67. The van der Waals surface area contributed by atoms with Gasteiger partial charge in [0.2, 0.25) is 0 Å². The Morgan fingerprint density at radius 2 is 1.94 bits per heavy atom. The molecule has 3 heteroatoms. The van der Waals surface area contributed by atoms with E-state index in [0.29, 0.717) is 6.61 Å². The van der Waals surface area contributed by atoms with Crippen LogP contribution in [0.5, 0.6) is 0 Å². The summed E-state index contributed by atoms with van der Waals surface area (Å²) in [5, 5.41) is 3.34. The summed E-state index contributed by atoms with van der Waals surface area (Å²) >= 11 is 0. The molecule has 0 rings (SSSR count). The molecule has 0 radical (unpaired) electrons. The van der Waals surface area contributed by atoms with Crippen molar-refractivity contribution in [2.24, 2.45) is 0 Å². The van der Waals surface area contributed by atoms with Crippen molar-refractivity contribution >= 4 is 5.97 Å². The van der Waals surface area contributed by atoms with E-state index in [4.69, 9.17) is 4.74 Å². The Kier molecular flexibility index (Phi) is 11.1. The Morgan fingerprint density at radius 3 is 2.59 bits per heavy atom. The molecule has 0 spiro atoms. The van der Waals surface area contributed by atoms with Gasteiger partial charge in [-0.3, -0.25) is 0 Å². The predicted molar refractivity (Wildman–Crippen MR) is 72.0 cm³/mol. The molecule has 0 aliphatic heterocycles. The van der Waals surface area contributed by atoms with Crippen LogP contribution in [0.15, 0.2) is 12.7 Å². The first kappa shape index (κ1) is 16.2. The van der Waals surface area contributed by atoms with Crippen molar-refractivity contribution in [1.82, 2.24) is 5.32 Å². The van der Waals surface area contributed by atoms with Gasteiger partial charge in [-0.15, -0.1) is 0 Å². The number of ether oxygens (including phenoxy) is 1. The molecule has 0 saturated carbocycles. The highest BCUT2D eigenvalue weighted by molar-refractivity contribution is 5.81. The van der Waals surface area contributed by atoms with Crippen molar-refractivity contribution < 1.29 is 9.53 Å². The third-order valence-corrected chi connectivity index (χ3v) is 2.67. The normalized spacial score (nSPS) is 12.1. The zero-order chi connectivity index (χ0) is 12.9. The lowest BCUT2D eigenvalue weighted by Crippen LogP contribution is -2.32. The summed E-state index contributed by atoms with van der Waals surface area (Å²) < 4.78 is 4.94. The van der Waals surface area contributed by atoms with Crippen molar-refractivity contribution in [3.8, 4) is 0 Å². The molecule has 0 aliphatic rings. The van der Waals surface area contributed by atoms with Crippen LogP contribution in [0.25, 0.3) is 0 Å². The van der Waals surface area contributed by atoms with E-state index in [-0.39, 0.29) is 12.0 Å². The lowest BCUT2D eigenvalue weighted by atomic mass is 10.1. The SMILES string of the molecule is C=CC(=O)OCC(C)NCCCCCCCC. The number of unbranched alkanes of at least 4 members (excludes halogenated alkanes) is 5. The number of esters is 1. The number of hydrogen-bond donors (Lipinski definition) is 1. The summed E-state index contributed by atoms with van der Waals surface area (Å²) in [4.78, 5) is 10.8. The molecule has 3 nitrogen and oxygen atoms in total. The Morgan fingerprint density at radius 1 is 1.29 bits per heavy atom. The summed E-state index contributed by atoms with van der Waals surface area (Å²) in [6.07, 6.45) is 9.00. The van der Waals surface area contributed by atoms with Crippen molar-refractivity contribution in [1.29, 1.82) is 0 Å². The van der Waals surface area contributed by atoms with Gasteiger partial charge < -0.3 is 10.1 Å². The largest absolute Gasteiger partial charge is 0.461 e. The second-order valence-corrected chi connectivity index (χ2v) is 4.46. The smallest absolute Gasteiger partial charge is 0.330 e. The van der Waals surface area contributed by atoms with Gasteiger partial charge in [0.25, 0.3) is 0 Å². The van der Waals surface area contributed by atoms with Gasteiger partial charge in [-0.2, -0.15) is 0 Å². The molecule has 0 saturated heterocycles. The van der Waals surface area contributed by atoms with Crippen LogP contribution in [0, 0.1) is 0 Å². The Bertz CT molecular complexity index is 204. The fourth-order valence-corrected chi connectivity index (χ4v) is 1.58. The average Bonchev–Trinajstić information content (AvgIpc) is 2.34. The molecular weight excluding hydrogens is 214 g/mol. The van der Waals surface area contributed by atoms with Crippen LogP contribution in [-0.2, 0) is 9.53 Å². The molecule has 0 bridgehead atoms. The van der Waals surface area contributed by atoms with E-state index in [1.807, 2.05) is 6.92 Å². The second-order valence-electron chi connectivity index (χ2n) is 4.46. The quantitative estimate of drug-likeness (QED) is 0.343. The lowest BCUT2D eigenvalue weighted by Gasteiger charge is -2.13. The van der Waals surface area contributed by atoms with Crippen molar-refractivity contribution in [3.05, 3.63) is 12.7 Å². The maximum absolute atomic E-state index is 10.8. The molecular formula is C14H27NO2. The van der Waals surface area contributed by atoms with Crippen LogP contribution in [-0.4, -0.2) is 25.2 Å². The van der Waals surface area contributed by atoms with E-state index in [1.165, 1.54) is 44.6 Å². The van der Waals surface area contributed by atoms with Gasteiger partial charge in [-0.05, 0) is 19.9 Å². The van der Waals surface area contributed by atoms with Gasteiger partial charge in [0, 0.05) is 12.1 Å². The molecule has 0 aromatic rings. The Hall–Kier alpha value is -0.830. The first-order valence-electron chi connectivity index (χ1n) is 6.73. The van der Waals surface area contributed by atoms with Crippen LogP contribution in [0.2, 0.25) is 0 Å². The average molecular weight is 241 g/mol. The predicted octanol–water partition coefficient (Wildman–Crippen LogP) is 3.05. The molecule has 17 heavy (non-hydrogen) atoms. The fourth-order valence-electron chi connectivity index (χ4n) is 1.58. The zero-order valence-corrected chi connectivity index (χ0v) is 11.3. The fraction of sp³-hybridized carbons (Fsp3) is 0.786. The van der Waals surface area contributed by atoms with Crippen LogP contribution in [0.1, 0.15) is 52.4 Å². The molecule has 0 aromatic carbocycles. The van der Waals surface area contributed by atoms with Crippen LogP contribution >= 0.6 is 0 Å². The summed E-state index contributed by atoms with van der Waals surface area (Å²) in [5.74, 6) is -0.349. The van der Waals surface area contributed by atoms with Gasteiger partial charge >= 0.3 is 5.97 Å². The zero-order valence-electron chi connectivity index (χ0n) is 11.3. The minimum atomic E-state index is -0.349. The van der Waals surface area contributed by atoms with Crippen molar-refractivity contribution in [3.63, 3.8) is 0 Å². The summed E-state index contributed by atoms with van der Waals surface area (Å²) in [6.45, 7) is 9.02. The van der Waals surface area contributed by atoms with Crippen molar-refractivity contribution in [2.75, 3.05) is 13.2 Å². The highest BCUT2D eigenvalue weighted by Crippen LogP contribution is 2.04. The lowest BCUT2D eigenvalue weighted by molar-refractivity contribution is -0.138. The summed E-state index contributed by atoms with van der Waals surface area (Å²) in [6, 6.07) is 0.217. The summed E-state index contributed by atoms with van der Waals surface area (Å²) in [7, 11) is 0. The van der Waals surface area contributed by atoms with E-state index in [0.717, 1.165) is 6.54 Å². The highest BCUT2D eigenvalue weighted by atomic mass is 16.5. The molecule has 1 unspecified atom stereocenters. The molecule has 1 N–H and O–H groups in total. The second kappa shape index (κ2) is 11.6. The molecule has 0 aromatic heterocycles. The minimum absolute atomic E-state index is 0.217. The van der Waals surface area contributed by atoms with Crippen LogP contribution in [0.4, 0.5) is 0 Å². The first-order valence-corrected chi connectivity index (χ1v) is 6.73. The highest BCUT2D eigenvalue weighted by Gasteiger charge is 2.03. The van der Waals surface area contributed by atoms with Crippen LogP contribution < -0.4 is 5.32 Å². The van der Waals surface area contributed by atoms with Crippen molar-refractivity contribution in [2.45, 2.75) is 58.4 Å². The molecule has 1 atom stereocenters. The molecule has 0 aliphatic carbocycles. The Labute approximate surface area is 106 Å².